The van der Waals surface area contributed by atoms with Crippen molar-refractivity contribution in [1.29, 1.82) is 0 Å². The highest BCUT2D eigenvalue weighted by Gasteiger charge is 2.04. The van der Waals surface area contributed by atoms with Gasteiger partial charge in [-0.2, -0.15) is 0 Å². The van der Waals surface area contributed by atoms with E-state index in [4.69, 9.17) is 21.8 Å². The highest BCUT2D eigenvalue weighted by atomic mass is 35.5. The Morgan fingerprint density at radius 1 is 1.16 bits per heavy atom. The van der Waals surface area contributed by atoms with Gasteiger partial charge in [-0.1, -0.05) is 86.7 Å². The van der Waals surface area contributed by atoms with E-state index in [1.807, 2.05) is 36.4 Å². The van der Waals surface area contributed by atoms with E-state index in [-0.39, 0.29) is 0 Å². The Morgan fingerprint density at radius 3 is 2.08 bits per heavy atom. The van der Waals surface area contributed by atoms with Gasteiger partial charge in [0.05, 0.1) is 0 Å². The molecule has 0 bridgehead atoms. The summed E-state index contributed by atoms with van der Waals surface area (Å²) in [5.74, 6) is -1.80. The Balaban J connectivity index is 0. The van der Waals surface area contributed by atoms with Gasteiger partial charge >= 0.3 is 11.9 Å². The lowest BCUT2D eigenvalue weighted by Crippen LogP contribution is -1.99. The second-order valence-corrected chi connectivity index (χ2v) is 4.88. The second-order valence-electron chi connectivity index (χ2n) is 4.57. The van der Waals surface area contributed by atoms with Crippen molar-refractivity contribution in [3.8, 4) is 0 Å². The molecule has 0 spiro atoms. The Kier molecular flexibility index (Phi) is 17.5. The Bertz CT molecular complexity index is 575. The van der Waals surface area contributed by atoms with E-state index in [1.54, 1.807) is 12.2 Å². The zero-order valence-corrected chi connectivity index (χ0v) is 15.2. The van der Waals surface area contributed by atoms with Crippen molar-refractivity contribution in [2.75, 3.05) is 0 Å². The van der Waals surface area contributed by atoms with Gasteiger partial charge in [0.25, 0.3) is 0 Å². The molecule has 0 aromatic heterocycles. The minimum absolute atomic E-state index is 0.471. The number of halogens is 1. The number of aliphatic carboxylic acids is 2. The van der Waals surface area contributed by atoms with Crippen LogP contribution in [0.3, 0.4) is 0 Å². The predicted octanol–water partition coefficient (Wildman–Crippen LogP) is 5.53. The van der Waals surface area contributed by atoms with Gasteiger partial charge in [-0.25, -0.2) is 9.59 Å². The highest BCUT2D eigenvalue weighted by molar-refractivity contribution is 6.25. The van der Waals surface area contributed by atoms with Crippen LogP contribution in [-0.2, 0) is 9.59 Å². The van der Waals surface area contributed by atoms with Gasteiger partial charge in [0.2, 0.25) is 0 Å². The smallest absolute Gasteiger partial charge is 0.331 e. The molecule has 1 aromatic carbocycles. The molecule has 0 amide bonds. The molecule has 0 fully saturated rings. The highest BCUT2D eigenvalue weighted by Crippen LogP contribution is 2.09. The molecule has 0 saturated heterocycles. The van der Waals surface area contributed by atoms with Gasteiger partial charge in [0.15, 0.2) is 0 Å². The van der Waals surface area contributed by atoms with Crippen LogP contribution in [0.2, 0.25) is 0 Å². The van der Waals surface area contributed by atoms with Crippen LogP contribution < -0.4 is 0 Å². The summed E-state index contributed by atoms with van der Waals surface area (Å²) < 4.78 is 0. The van der Waals surface area contributed by atoms with Crippen molar-refractivity contribution in [2.24, 2.45) is 0 Å². The fraction of sp³-hybridized carbons (Fsp3) is 0.200. The molecule has 0 saturated carbocycles. The van der Waals surface area contributed by atoms with Crippen molar-refractivity contribution in [3.05, 3.63) is 78.4 Å². The lowest BCUT2D eigenvalue weighted by Gasteiger charge is -1.98. The number of carboxylic acids is 2. The number of hydrogen-bond donors (Lipinski definition) is 2. The number of carboxylic acid groups (broad SMARTS) is 2. The molecule has 0 aliphatic carbocycles. The number of unbranched alkanes of at least 4 members (excludes halogenated alkanes) is 1. The molecule has 1 rings (SSSR count). The van der Waals surface area contributed by atoms with E-state index in [1.165, 1.54) is 5.54 Å². The van der Waals surface area contributed by atoms with Crippen LogP contribution in [0.25, 0.3) is 6.08 Å². The number of carbonyl (C=O) groups is 2. The van der Waals surface area contributed by atoms with Crippen molar-refractivity contribution in [2.45, 2.75) is 26.2 Å². The van der Waals surface area contributed by atoms with Crippen LogP contribution in [0.4, 0.5) is 0 Å². The molecule has 5 heteroatoms. The lowest BCUT2D eigenvalue weighted by molar-refractivity contribution is -0.133. The largest absolute Gasteiger partial charge is 0.478 e. The van der Waals surface area contributed by atoms with Crippen LogP contribution in [0.1, 0.15) is 31.7 Å². The van der Waals surface area contributed by atoms with E-state index in [2.05, 4.69) is 20.1 Å². The number of benzene rings is 1. The molecular weight excluding hydrogens is 340 g/mol. The molecule has 0 heterocycles. The molecule has 0 atom stereocenters. The molecule has 4 nitrogen and oxygen atoms in total. The fourth-order valence-electron chi connectivity index (χ4n) is 1.47. The summed E-state index contributed by atoms with van der Waals surface area (Å²) in [5, 5.41) is 16.6. The summed E-state index contributed by atoms with van der Waals surface area (Å²) in [5.41, 5.74) is 2.77. The fourth-order valence-corrected chi connectivity index (χ4v) is 1.47. The van der Waals surface area contributed by atoms with Crippen LogP contribution in [0.5, 0.6) is 0 Å². The van der Waals surface area contributed by atoms with Gasteiger partial charge in [0.1, 0.15) is 0 Å². The van der Waals surface area contributed by atoms with Crippen molar-refractivity contribution in [1.82, 2.24) is 0 Å². The van der Waals surface area contributed by atoms with Gasteiger partial charge in [-0.05, 0) is 23.9 Å². The third kappa shape index (κ3) is 17.6. The minimum Gasteiger partial charge on any atom is -0.478 e. The lowest BCUT2D eigenvalue weighted by atomic mass is 10.1. The Hall–Kier alpha value is -2.59. The summed E-state index contributed by atoms with van der Waals surface area (Å²) in [6.07, 6.45) is 8.78. The molecule has 0 radical (unpaired) electrons. The van der Waals surface area contributed by atoms with E-state index in [9.17, 15) is 9.59 Å². The third-order valence-electron chi connectivity index (χ3n) is 2.63. The number of hydrogen-bond acceptors (Lipinski definition) is 2. The molecule has 136 valence electrons. The molecule has 0 aliphatic heterocycles. The first-order chi connectivity index (χ1) is 11.9. The third-order valence-corrected chi connectivity index (χ3v) is 2.63. The van der Waals surface area contributed by atoms with Crippen molar-refractivity contribution in [3.63, 3.8) is 0 Å². The standard InChI is InChI=1S/C15H18O2.C3H4O2.C2H3Cl/c1-2-3-11-14(15(16)17)12-7-10-13-8-5-4-6-9-13;1-2-3(4)5;1-2-3/h4-10,12H,2-3,11H2,1H3,(H,16,17);2H,1H2,(H,4,5);2H,1H2. The number of rotatable bonds is 7. The summed E-state index contributed by atoms with van der Waals surface area (Å²) in [6.45, 7) is 8.14. The van der Waals surface area contributed by atoms with E-state index < -0.39 is 11.9 Å². The topological polar surface area (TPSA) is 74.6 Å². The van der Waals surface area contributed by atoms with Gasteiger partial charge in [0, 0.05) is 11.6 Å². The maximum atomic E-state index is 10.9. The normalized spacial score (nSPS) is 9.92. The van der Waals surface area contributed by atoms with Crippen molar-refractivity contribution < 1.29 is 19.8 Å². The zero-order valence-electron chi connectivity index (χ0n) is 14.4. The summed E-state index contributed by atoms with van der Waals surface area (Å²) in [4.78, 5) is 20.2. The van der Waals surface area contributed by atoms with Crippen molar-refractivity contribution >= 4 is 29.6 Å². The molecule has 2 N–H and O–H groups in total. The molecule has 1 aromatic rings. The SMILES string of the molecule is C=CC(=O)O.C=CCl.CCCCC(=CC=Cc1ccccc1)C(=O)O. The van der Waals surface area contributed by atoms with Gasteiger partial charge in [-0.15, -0.1) is 0 Å². The molecule has 0 aliphatic rings. The maximum Gasteiger partial charge on any atom is 0.331 e. The van der Waals surface area contributed by atoms with E-state index in [0.29, 0.717) is 12.0 Å². The maximum absolute atomic E-state index is 10.9. The molecule has 25 heavy (non-hydrogen) atoms. The van der Waals surface area contributed by atoms with Gasteiger partial charge in [-0.3, -0.25) is 0 Å². The van der Waals surface area contributed by atoms with Crippen LogP contribution in [0.15, 0.2) is 72.8 Å². The second kappa shape index (κ2) is 17.8. The number of allylic oxidation sites excluding steroid dienone is 2. The zero-order chi connectivity index (χ0) is 19.5. The summed E-state index contributed by atoms with van der Waals surface area (Å²) >= 11 is 4.76. The molecular formula is C20H25ClO4. The molecule has 0 unspecified atom stereocenters. The quantitative estimate of drug-likeness (QED) is 0.493. The minimum atomic E-state index is -0.981. The monoisotopic (exact) mass is 364 g/mol. The Labute approximate surface area is 154 Å². The van der Waals surface area contributed by atoms with Crippen LogP contribution in [-0.4, -0.2) is 22.2 Å². The summed E-state index contributed by atoms with van der Waals surface area (Å²) in [7, 11) is 0. The first-order valence-corrected chi connectivity index (χ1v) is 8.08. The van der Waals surface area contributed by atoms with E-state index in [0.717, 1.165) is 24.5 Å². The summed E-state index contributed by atoms with van der Waals surface area (Å²) in [6, 6.07) is 9.84. The first-order valence-electron chi connectivity index (χ1n) is 7.64. The van der Waals surface area contributed by atoms with Crippen LogP contribution >= 0.6 is 11.6 Å². The van der Waals surface area contributed by atoms with Gasteiger partial charge < -0.3 is 10.2 Å². The van der Waals surface area contributed by atoms with Crippen LogP contribution in [0, 0.1) is 0 Å². The first kappa shape index (κ1) is 24.7. The average molecular weight is 365 g/mol. The Morgan fingerprint density at radius 2 is 1.68 bits per heavy atom. The predicted molar refractivity (Wildman–Crippen MR) is 105 cm³/mol. The average Bonchev–Trinajstić information content (AvgIpc) is 2.59. The van der Waals surface area contributed by atoms with E-state index >= 15 is 0 Å².